The molecule has 0 bridgehead atoms. The highest BCUT2D eigenvalue weighted by Gasteiger charge is 2.23. The van der Waals surface area contributed by atoms with Gasteiger partial charge >= 0.3 is 0 Å². The average Bonchev–Trinajstić information content (AvgIpc) is 3.75. The van der Waals surface area contributed by atoms with Crippen LogP contribution >= 0.6 is 0 Å². The highest BCUT2D eigenvalue weighted by molar-refractivity contribution is 7.87. The van der Waals surface area contributed by atoms with E-state index in [-0.39, 0.29) is 44.4 Å². The van der Waals surface area contributed by atoms with Gasteiger partial charge in [-0.15, -0.1) is 10.2 Å². The predicted molar refractivity (Wildman–Crippen MR) is 206 cm³/mol. The highest BCUT2D eigenvalue weighted by atomic mass is 32.2. The van der Waals surface area contributed by atoms with Crippen molar-refractivity contribution in [1.29, 1.82) is 0 Å². The third kappa shape index (κ3) is 7.52. The second-order valence-corrected chi connectivity index (χ2v) is 15.0. The van der Waals surface area contributed by atoms with Crippen molar-refractivity contribution < 1.29 is 25.2 Å². The van der Waals surface area contributed by atoms with Crippen LogP contribution in [0, 0.1) is 0 Å². The van der Waals surface area contributed by atoms with Crippen molar-refractivity contribution in [3.8, 4) is 34.2 Å². The summed E-state index contributed by atoms with van der Waals surface area (Å²) in [5.74, 6) is 0.664. The summed E-state index contributed by atoms with van der Waals surface area (Å²) in [5.41, 5.74) is 16.7. The quantitative estimate of drug-likeness (QED) is 0.0953. The zero-order valence-corrected chi connectivity index (χ0v) is 31.1. The molecule has 7 aromatic rings. The highest BCUT2D eigenvalue weighted by Crippen LogP contribution is 2.39. The van der Waals surface area contributed by atoms with Crippen molar-refractivity contribution in [2.24, 2.45) is 20.5 Å². The molecule has 56 heavy (non-hydrogen) atoms. The lowest BCUT2D eigenvalue weighted by molar-refractivity contribution is 0.396. The zero-order valence-electron chi connectivity index (χ0n) is 29.4. The molecule has 0 aliphatic rings. The minimum atomic E-state index is -3.88. The van der Waals surface area contributed by atoms with Gasteiger partial charge in [0.1, 0.15) is 17.7 Å². The first kappa shape index (κ1) is 37.3. The molecule has 0 aliphatic carbocycles. The van der Waals surface area contributed by atoms with E-state index in [0.29, 0.717) is 33.9 Å². The first-order chi connectivity index (χ1) is 27.0. The first-order valence-electron chi connectivity index (χ1n) is 16.3. The van der Waals surface area contributed by atoms with Crippen LogP contribution in [-0.2, 0) is 28.6 Å². The maximum atomic E-state index is 12.1. The van der Waals surface area contributed by atoms with Crippen LogP contribution in [0.1, 0.15) is 0 Å². The smallest absolute Gasteiger partial charge is 0.296 e. The predicted octanol–water partition coefficient (Wildman–Crippen LogP) is 6.85. The number of benzene rings is 4. The van der Waals surface area contributed by atoms with Gasteiger partial charge in [0.2, 0.25) is 0 Å². The molecule has 18 nitrogen and oxygen atoms in total. The summed E-state index contributed by atoms with van der Waals surface area (Å²) < 4.78 is 60.1. The Morgan fingerprint density at radius 2 is 0.911 bits per heavy atom. The van der Waals surface area contributed by atoms with E-state index in [1.54, 1.807) is 6.07 Å². The Labute approximate surface area is 320 Å². The van der Waals surface area contributed by atoms with E-state index in [9.17, 15) is 16.8 Å². The van der Waals surface area contributed by atoms with E-state index in [2.05, 4.69) is 38.8 Å². The number of hydrogen-bond acceptors (Lipinski definition) is 16. The van der Waals surface area contributed by atoms with Crippen LogP contribution in [0.2, 0.25) is 0 Å². The number of anilines is 2. The van der Waals surface area contributed by atoms with Crippen LogP contribution in [0.15, 0.2) is 152 Å². The summed E-state index contributed by atoms with van der Waals surface area (Å²) in [6.07, 6.45) is 1.30. The molecule has 0 fully saturated rings. The molecule has 0 unspecified atom stereocenters. The molecule has 0 aliphatic heterocycles. The lowest BCUT2D eigenvalue weighted by atomic mass is 10.1. The molecule has 4 N–H and O–H groups in total. The third-order valence-corrected chi connectivity index (χ3v) is 10.8. The lowest BCUT2D eigenvalue weighted by Gasteiger charge is -2.06. The van der Waals surface area contributed by atoms with Crippen molar-refractivity contribution in [2.75, 3.05) is 25.7 Å². The first-order valence-corrected chi connectivity index (χ1v) is 19.2. The number of hydrogen-bond donors (Lipinski definition) is 2. The Morgan fingerprint density at radius 3 is 1.27 bits per heavy atom. The van der Waals surface area contributed by atoms with Crippen LogP contribution in [0.25, 0.3) is 34.2 Å². The van der Waals surface area contributed by atoms with Crippen LogP contribution in [-0.4, -0.2) is 60.6 Å². The lowest BCUT2D eigenvalue weighted by Crippen LogP contribution is -2.09. The monoisotopic (exact) mass is 790 g/mol. The summed E-state index contributed by atoms with van der Waals surface area (Å²) in [7, 11) is -5.61. The van der Waals surface area contributed by atoms with Crippen molar-refractivity contribution >= 4 is 54.6 Å². The summed E-state index contributed by atoms with van der Waals surface area (Å²) in [6, 6.07) is 31.3. The van der Waals surface area contributed by atoms with Gasteiger partial charge in [-0.25, -0.2) is 9.97 Å². The minimum absolute atomic E-state index is 0.0349. The van der Waals surface area contributed by atoms with Gasteiger partial charge in [0, 0.05) is 17.2 Å². The van der Waals surface area contributed by atoms with Gasteiger partial charge in [0.15, 0.2) is 34.6 Å². The summed E-state index contributed by atoms with van der Waals surface area (Å²) in [5, 5.41) is 26.9. The van der Waals surface area contributed by atoms with Gasteiger partial charge in [-0.05, 0) is 48.5 Å². The molecule has 0 atom stereocenters. The molecule has 0 amide bonds. The van der Waals surface area contributed by atoms with Gasteiger partial charge in [-0.3, -0.25) is 8.37 Å². The van der Waals surface area contributed by atoms with Crippen LogP contribution in [0.4, 0.5) is 34.4 Å². The summed E-state index contributed by atoms with van der Waals surface area (Å²) in [4.78, 5) is 8.77. The standard InChI is InChI=1S/C36H30N12O6S2/c1-53-55(49,50)27-17-13-25(14-18-27)41-43-33-31(23-9-5-3-6-10-23)45-47(35(33)37)29-21-30(40-22-39-29)48-36(38)34(32(46-48)24-11-7-4-8-12-24)44-42-26-15-19-28(20-16-26)56(51,52)54-2/h3-22H,37-38H2,1-2H3/b43-41+,44-42+. The Balaban J connectivity index is 1.28. The Morgan fingerprint density at radius 1 is 0.536 bits per heavy atom. The number of azo groups is 2. The van der Waals surface area contributed by atoms with E-state index in [1.807, 2.05) is 60.7 Å². The normalized spacial score (nSPS) is 12.2. The minimum Gasteiger partial charge on any atom is -0.382 e. The van der Waals surface area contributed by atoms with Crippen molar-refractivity contribution in [3.05, 3.63) is 122 Å². The maximum Gasteiger partial charge on any atom is 0.296 e. The molecule has 0 spiro atoms. The van der Waals surface area contributed by atoms with Gasteiger partial charge in [-0.1, -0.05) is 60.7 Å². The van der Waals surface area contributed by atoms with Crippen LogP contribution in [0.3, 0.4) is 0 Å². The average molecular weight is 791 g/mol. The largest absolute Gasteiger partial charge is 0.382 e. The van der Waals surface area contributed by atoms with E-state index >= 15 is 0 Å². The second-order valence-electron chi connectivity index (χ2n) is 11.6. The summed E-state index contributed by atoms with van der Waals surface area (Å²) in [6.45, 7) is 0. The Bertz CT molecular complexity index is 2620. The summed E-state index contributed by atoms with van der Waals surface area (Å²) >= 11 is 0. The topological polar surface area (TPSA) is 250 Å². The SMILES string of the molecule is COS(=O)(=O)c1ccc(/N=N/c2c(-c3ccccc3)nn(-c3cc(-n4nc(-c5ccccc5)c(/N=N/c5ccc(S(=O)(=O)OC)cc5)c4N)ncn3)c2N)cc1. The number of nitrogens with two attached hydrogens (primary N) is 2. The molecule has 4 aromatic carbocycles. The molecule has 7 rings (SSSR count). The number of rotatable bonds is 12. The van der Waals surface area contributed by atoms with E-state index in [0.717, 1.165) is 14.2 Å². The molecule has 0 saturated carbocycles. The fraction of sp³-hybridized carbons (Fsp3) is 0.0556. The third-order valence-electron chi connectivity index (χ3n) is 8.18. The van der Waals surface area contributed by atoms with E-state index in [1.165, 1.54) is 64.2 Å². The van der Waals surface area contributed by atoms with E-state index < -0.39 is 20.2 Å². The molecule has 20 heteroatoms. The fourth-order valence-electron chi connectivity index (χ4n) is 5.31. The molecular formula is C36H30N12O6S2. The molecule has 0 radical (unpaired) electrons. The van der Waals surface area contributed by atoms with Gasteiger partial charge in [0.05, 0.1) is 35.4 Å². The van der Waals surface area contributed by atoms with Gasteiger partial charge in [-0.2, -0.15) is 46.6 Å². The zero-order chi connectivity index (χ0) is 39.5. The Kier molecular flexibility index (Phi) is 10.3. The van der Waals surface area contributed by atoms with Crippen molar-refractivity contribution in [1.82, 2.24) is 29.5 Å². The molecular weight excluding hydrogens is 761 g/mol. The number of nitrogens with zero attached hydrogens (tertiary/aromatic N) is 10. The molecule has 0 saturated heterocycles. The fourth-order valence-corrected chi connectivity index (χ4v) is 6.63. The van der Waals surface area contributed by atoms with Gasteiger partial charge < -0.3 is 11.5 Å². The molecule has 3 aromatic heterocycles. The Hall–Kier alpha value is -7.00. The molecule has 282 valence electrons. The van der Waals surface area contributed by atoms with Crippen molar-refractivity contribution in [3.63, 3.8) is 0 Å². The maximum absolute atomic E-state index is 12.1. The van der Waals surface area contributed by atoms with Gasteiger partial charge in [0.25, 0.3) is 20.2 Å². The van der Waals surface area contributed by atoms with E-state index in [4.69, 9.17) is 21.7 Å². The number of aromatic nitrogens is 6. The van der Waals surface area contributed by atoms with Crippen LogP contribution in [0.5, 0.6) is 0 Å². The van der Waals surface area contributed by atoms with Crippen molar-refractivity contribution in [2.45, 2.75) is 9.79 Å². The van der Waals surface area contributed by atoms with Crippen LogP contribution < -0.4 is 11.5 Å². The molecule has 3 heterocycles. The number of nitrogen functional groups attached to an aromatic ring is 2. The second kappa shape index (κ2) is 15.4.